The minimum absolute atomic E-state index is 0.0876. The first-order chi connectivity index (χ1) is 22.1. The quantitative estimate of drug-likeness (QED) is 0.295. The zero-order valence-electron chi connectivity index (χ0n) is 26.2. The molecule has 2 aliphatic carbocycles. The molecule has 2 N–H and O–H groups in total. The normalized spacial score (nSPS) is 26.7. The fraction of sp³-hybridized carbons (Fsp3) is 0.457. The Morgan fingerprint density at radius 2 is 2.02 bits per heavy atom. The number of nitrogens with zero attached hydrogens (tertiary/aromatic N) is 3. The van der Waals surface area contributed by atoms with Crippen molar-refractivity contribution in [3.8, 4) is 34.5 Å². The van der Waals surface area contributed by atoms with Gasteiger partial charge < -0.3 is 24.8 Å². The number of benzene rings is 1. The van der Waals surface area contributed by atoms with E-state index in [9.17, 15) is 19.5 Å². The molecule has 0 radical (unpaired) electrons. The molecule has 6 rings (SSSR count). The number of aromatic nitrogens is 2. The van der Waals surface area contributed by atoms with Gasteiger partial charge in [0.25, 0.3) is 0 Å². The second-order valence-corrected chi connectivity index (χ2v) is 13.4. The van der Waals surface area contributed by atoms with Crippen LogP contribution in [0.3, 0.4) is 0 Å². The Hall–Kier alpha value is -4.43. The third kappa shape index (κ3) is 5.94. The predicted molar refractivity (Wildman–Crippen MR) is 175 cm³/mol. The van der Waals surface area contributed by atoms with E-state index in [0.717, 1.165) is 30.2 Å². The topological polar surface area (TPSA) is 131 Å². The fourth-order valence-corrected chi connectivity index (χ4v) is 7.53. The number of terminal acetylenes is 1. The van der Waals surface area contributed by atoms with E-state index in [0.29, 0.717) is 59.2 Å². The summed E-state index contributed by atoms with van der Waals surface area (Å²) in [6, 6.07) is 5.61. The van der Waals surface area contributed by atoms with E-state index in [1.165, 1.54) is 11.3 Å². The number of hydrogen-bond acceptors (Lipinski definition) is 8. The molecule has 0 unspecified atom stereocenters. The van der Waals surface area contributed by atoms with Crippen molar-refractivity contribution < 1.29 is 29.0 Å². The van der Waals surface area contributed by atoms with Gasteiger partial charge in [0, 0.05) is 47.8 Å². The van der Waals surface area contributed by atoms with Crippen LogP contribution in [0.5, 0.6) is 11.5 Å². The number of fused-ring (bicyclic) bond motifs is 3. The highest BCUT2D eigenvalue weighted by atomic mass is 32.1. The molecular weight excluding hydrogens is 604 g/mol. The van der Waals surface area contributed by atoms with E-state index in [-0.39, 0.29) is 18.2 Å². The van der Waals surface area contributed by atoms with Crippen LogP contribution in [0.1, 0.15) is 56.2 Å². The Balaban J connectivity index is 1.34. The van der Waals surface area contributed by atoms with Gasteiger partial charge in [-0.25, -0.2) is 14.8 Å². The summed E-state index contributed by atoms with van der Waals surface area (Å²) >= 11 is 1.39. The van der Waals surface area contributed by atoms with Crippen LogP contribution in [0.15, 0.2) is 35.7 Å². The Bertz CT molecular complexity index is 1760. The number of carbonyl (C=O) groups is 3. The summed E-state index contributed by atoms with van der Waals surface area (Å²) in [5, 5.41) is 16.2. The van der Waals surface area contributed by atoms with Gasteiger partial charge in [-0.2, -0.15) is 0 Å². The summed E-state index contributed by atoms with van der Waals surface area (Å²) in [5.74, 6) is 0.679. The number of carboxylic acids is 1. The largest absolute Gasteiger partial charge is 0.496 e. The molecule has 10 nitrogen and oxygen atoms in total. The molecule has 3 heterocycles. The van der Waals surface area contributed by atoms with E-state index >= 15 is 0 Å². The zero-order chi connectivity index (χ0) is 32.6. The second-order valence-electron chi connectivity index (χ2n) is 12.5. The van der Waals surface area contributed by atoms with E-state index in [2.05, 4.69) is 16.2 Å². The van der Waals surface area contributed by atoms with Gasteiger partial charge >= 0.3 is 5.97 Å². The number of rotatable bonds is 5. The summed E-state index contributed by atoms with van der Waals surface area (Å²) in [7, 11) is 3.39. The van der Waals surface area contributed by atoms with Crippen LogP contribution < -0.4 is 14.8 Å². The smallest absolute Gasteiger partial charge is 0.330 e. The van der Waals surface area contributed by atoms with Gasteiger partial charge in [0.1, 0.15) is 33.4 Å². The Labute approximate surface area is 272 Å². The molecule has 0 saturated heterocycles. The van der Waals surface area contributed by atoms with Crippen molar-refractivity contribution in [3.05, 3.63) is 47.0 Å². The van der Waals surface area contributed by atoms with Crippen LogP contribution in [0.25, 0.3) is 21.6 Å². The maximum absolute atomic E-state index is 13.9. The number of thiazole rings is 1. The fourth-order valence-electron chi connectivity index (χ4n) is 6.81. The van der Waals surface area contributed by atoms with Gasteiger partial charge in [0.2, 0.25) is 11.8 Å². The van der Waals surface area contributed by atoms with E-state index in [1.54, 1.807) is 24.4 Å². The van der Waals surface area contributed by atoms with Crippen molar-refractivity contribution in [1.82, 2.24) is 20.2 Å². The Morgan fingerprint density at radius 3 is 2.76 bits per heavy atom. The summed E-state index contributed by atoms with van der Waals surface area (Å²) in [6.07, 6.45) is 13.2. The van der Waals surface area contributed by atoms with E-state index in [4.69, 9.17) is 20.9 Å². The standard InChI is InChI=1S/C35H38N4O6S/c1-5-22-19-46-32(36-22)27-17-29(25-13-14-28(44-4)20(2)30(25)37-27)45-23-11-12-24-26(16-23)31(40)38-35(34(42)43)18-21(35)10-8-6-7-9-15-39(3)33(24)41/h1,8,10,13-14,17,19,21,23-24,26H,6-7,9,11-12,15-16,18H2,2-4H3,(H,38,40)(H,42,43)/t21-,23+,24-,26-,35-/m1/s1. The molecule has 0 spiro atoms. The zero-order valence-corrected chi connectivity index (χ0v) is 27.1. The number of carbonyl (C=O) groups excluding carboxylic acids is 2. The summed E-state index contributed by atoms with van der Waals surface area (Å²) in [5.41, 5.74) is 1.31. The van der Waals surface area contributed by atoms with Gasteiger partial charge in [-0.1, -0.05) is 12.2 Å². The summed E-state index contributed by atoms with van der Waals surface area (Å²) in [4.78, 5) is 51.2. The van der Waals surface area contributed by atoms with Gasteiger partial charge in [-0.05, 0) is 69.9 Å². The number of aryl methyl sites for hydroxylation is 1. The summed E-state index contributed by atoms with van der Waals surface area (Å²) in [6.45, 7) is 2.54. The number of methoxy groups -OCH3 is 1. The highest BCUT2D eigenvalue weighted by Crippen LogP contribution is 2.46. The van der Waals surface area contributed by atoms with Crippen molar-refractivity contribution in [1.29, 1.82) is 0 Å². The van der Waals surface area contributed by atoms with Gasteiger partial charge in [-0.3, -0.25) is 9.59 Å². The van der Waals surface area contributed by atoms with Crippen molar-refractivity contribution in [2.45, 2.75) is 63.5 Å². The minimum Gasteiger partial charge on any atom is -0.496 e. The molecule has 11 heteroatoms. The highest BCUT2D eigenvalue weighted by molar-refractivity contribution is 7.13. The number of pyridine rings is 1. The molecule has 3 aromatic rings. The minimum atomic E-state index is -1.34. The Kier molecular flexibility index (Phi) is 8.75. The molecule has 2 aromatic heterocycles. The first-order valence-corrected chi connectivity index (χ1v) is 16.6. The van der Waals surface area contributed by atoms with Crippen molar-refractivity contribution in [2.24, 2.45) is 17.8 Å². The average Bonchev–Trinajstić information content (AvgIpc) is 3.53. The third-order valence-corrected chi connectivity index (χ3v) is 10.5. The predicted octanol–water partition coefficient (Wildman–Crippen LogP) is 4.98. The van der Waals surface area contributed by atoms with Gasteiger partial charge in [0.15, 0.2) is 0 Å². The molecule has 2 amide bonds. The number of allylic oxidation sites excluding steroid dienone is 1. The van der Waals surface area contributed by atoms with E-state index in [1.807, 2.05) is 37.3 Å². The van der Waals surface area contributed by atoms with Crippen LogP contribution >= 0.6 is 11.3 Å². The third-order valence-electron chi connectivity index (χ3n) is 9.59. The number of hydrogen-bond donors (Lipinski definition) is 2. The molecule has 1 aromatic carbocycles. The van der Waals surface area contributed by atoms with Crippen LogP contribution in [-0.2, 0) is 14.4 Å². The lowest BCUT2D eigenvalue weighted by Crippen LogP contribution is -2.52. The molecule has 5 atom stereocenters. The van der Waals surface area contributed by atoms with Crippen LogP contribution in [0.4, 0.5) is 0 Å². The van der Waals surface area contributed by atoms with Crippen molar-refractivity contribution >= 4 is 40.0 Å². The van der Waals surface area contributed by atoms with Crippen molar-refractivity contribution in [2.75, 3.05) is 20.7 Å². The van der Waals surface area contributed by atoms with Crippen LogP contribution in [0.2, 0.25) is 0 Å². The molecule has 46 heavy (non-hydrogen) atoms. The molecule has 3 aliphatic rings. The second kappa shape index (κ2) is 12.8. The molecule has 240 valence electrons. The monoisotopic (exact) mass is 642 g/mol. The number of nitrogens with one attached hydrogen (secondary N) is 1. The molecular formula is C35H38N4O6S. The lowest BCUT2D eigenvalue weighted by Gasteiger charge is -2.37. The summed E-state index contributed by atoms with van der Waals surface area (Å²) < 4.78 is 12.3. The van der Waals surface area contributed by atoms with Crippen LogP contribution in [-0.4, -0.2) is 70.1 Å². The van der Waals surface area contributed by atoms with E-state index < -0.39 is 35.4 Å². The van der Waals surface area contributed by atoms with Crippen molar-refractivity contribution in [3.63, 3.8) is 0 Å². The lowest BCUT2D eigenvalue weighted by molar-refractivity contribution is -0.148. The number of aliphatic carboxylic acids is 1. The maximum Gasteiger partial charge on any atom is 0.330 e. The number of amides is 2. The first-order valence-electron chi connectivity index (χ1n) is 15.7. The molecule has 2 fully saturated rings. The Morgan fingerprint density at radius 1 is 1.20 bits per heavy atom. The maximum atomic E-state index is 13.9. The molecule has 0 bridgehead atoms. The number of carboxylic acid groups (broad SMARTS) is 1. The average molecular weight is 643 g/mol. The SMILES string of the molecule is C#Cc1csc(-c2cc(O[C@H]3CC[C@H]4C(=O)N(C)CCCCC=C[C@@H]5C[C@@]5(C(=O)O)NC(=O)[C@@H]4C3)c3ccc(OC)c(C)c3n2)n1. The van der Waals surface area contributed by atoms with Gasteiger partial charge in [0.05, 0.1) is 24.6 Å². The lowest BCUT2D eigenvalue weighted by atomic mass is 9.76. The molecule has 2 saturated carbocycles. The highest BCUT2D eigenvalue weighted by Gasteiger charge is 2.61. The molecule has 1 aliphatic heterocycles. The first kappa shape index (κ1) is 31.5. The number of ether oxygens (including phenoxy) is 2. The van der Waals surface area contributed by atoms with Gasteiger partial charge in [-0.15, -0.1) is 17.8 Å². The van der Waals surface area contributed by atoms with Crippen LogP contribution in [0, 0.1) is 37.0 Å².